The van der Waals surface area contributed by atoms with Crippen molar-refractivity contribution in [1.82, 2.24) is 19.7 Å². The van der Waals surface area contributed by atoms with Gasteiger partial charge in [0.15, 0.2) is 0 Å². The van der Waals surface area contributed by atoms with Gasteiger partial charge in [0.05, 0.1) is 0 Å². The van der Waals surface area contributed by atoms with Gasteiger partial charge in [-0.2, -0.15) is 0 Å². The van der Waals surface area contributed by atoms with Gasteiger partial charge in [-0.05, 0) is 49.6 Å². The van der Waals surface area contributed by atoms with E-state index < -0.39 is 0 Å². The van der Waals surface area contributed by atoms with E-state index in [4.69, 9.17) is 9.72 Å². The van der Waals surface area contributed by atoms with E-state index >= 15 is 0 Å². The normalized spacial score (nSPS) is 20.3. The van der Waals surface area contributed by atoms with Crippen molar-refractivity contribution >= 4 is 17.4 Å². The molecular formula is C22H25N5O2. The first kappa shape index (κ1) is 18.1. The molecule has 3 aromatic heterocycles. The number of nitrogens with zero attached hydrogens (tertiary/aromatic N) is 4. The summed E-state index contributed by atoms with van der Waals surface area (Å²) in [5.74, 6) is 1.17. The number of rotatable bonds is 4. The lowest BCUT2D eigenvalue weighted by molar-refractivity contribution is 0.0845. The van der Waals surface area contributed by atoms with Gasteiger partial charge in [0, 0.05) is 61.9 Å². The summed E-state index contributed by atoms with van der Waals surface area (Å²) in [5.41, 5.74) is 2.78. The molecule has 0 spiro atoms. The van der Waals surface area contributed by atoms with Crippen molar-refractivity contribution in [3.63, 3.8) is 0 Å². The lowest BCUT2D eigenvalue weighted by Gasteiger charge is -2.23. The Morgan fingerprint density at radius 1 is 1.10 bits per heavy atom. The zero-order valence-electron chi connectivity index (χ0n) is 16.3. The topological polar surface area (TPSA) is 71.8 Å². The fourth-order valence-electron chi connectivity index (χ4n) is 4.30. The van der Waals surface area contributed by atoms with Crippen molar-refractivity contribution in [2.24, 2.45) is 0 Å². The van der Waals surface area contributed by atoms with E-state index in [0.717, 1.165) is 62.7 Å². The number of carbonyl (C=O) groups is 1. The Morgan fingerprint density at radius 2 is 2.00 bits per heavy atom. The van der Waals surface area contributed by atoms with Gasteiger partial charge in [0.2, 0.25) is 5.95 Å². The van der Waals surface area contributed by atoms with Gasteiger partial charge in [0.25, 0.3) is 5.91 Å². The second kappa shape index (κ2) is 7.83. The number of aromatic nitrogens is 3. The fraction of sp³-hybridized carbons (Fsp3) is 0.409. The van der Waals surface area contributed by atoms with Crippen LogP contribution in [0.3, 0.4) is 0 Å². The predicted molar refractivity (Wildman–Crippen MR) is 110 cm³/mol. The number of fused-ring (bicyclic) bond motifs is 1. The number of anilines is 1. The molecule has 1 unspecified atom stereocenters. The van der Waals surface area contributed by atoms with Crippen LogP contribution in [0.25, 0.3) is 5.52 Å². The highest BCUT2D eigenvalue weighted by Crippen LogP contribution is 2.27. The first-order chi connectivity index (χ1) is 14.3. The van der Waals surface area contributed by atoms with E-state index in [9.17, 15) is 4.79 Å². The quantitative estimate of drug-likeness (QED) is 0.740. The molecule has 0 aliphatic carbocycles. The monoisotopic (exact) mass is 391 g/mol. The average molecular weight is 391 g/mol. The van der Waals surface area contributed by atoms with Gasteiger partial charge in [-0.15, -0.1) is 0 Å². The Balaban J connectivity index is 1.25. The second-order valence-corrected chi connectivity index (χ2v) is 7.79. The molecule has 2 fully saturated rings. The zero-order valence-corrected chi connectivity index (χ0v) is 16.3. The third kappa shape index (κ3) is 3.70. The molecule has 3 aromatic rings. The summed E-state index contributed by atoms with van der Waals surface area (Å²) >= 11 is 0. The van der Waals surface area contributed by atoms with Crippen LogP contribution in [0.15, 0.2) is 48.8 Å². The van der Waals surface area contributed by atoms with Crippen LogP contribution in [0, 0.1) is 0 Å². The third-order valence-corrected chi connectivity index (χ3v) is 5.91. The molecule has 1 atom stereocenters. The summed E-state index contributed by atoms with van der Waals surface area (Å²) in [6, 6.07) is 11.9. The molecule has 5 rings (SSSR count). The minimum atomic E-state index is -0.0417. The van der Waals surface area contributed by atoms with Gasteiger partial charge in [-0.1, -0.05) is 6.07 Å². The summed E-state index contributed by atoms with van der Waals surface area (Å²) in [6.45, 7) is 3.18. The maximum absolute atomic E-state index is 12.8. The predicted octanol–water partition coefficient (Wildman–Crippen LogP) is 2.63. The number of hydrogen-bond donors (Lipinski definition) is 1. The molecule has 2 saturated heterocycles. The zero-order chi connectivity index (χ0) is 19.6. The molecule has 0 saturated carbocycles. The lowest BCUT2D eigenvalue weighted by atomic mass is 9.96. The van der Waals surface area contributed by atoms with Crippen molar-refractivity contribution in [3.05, 3.63) is 60.2 Å². The molecule has 29 heavy (non-hydrogen) atoms. The van der Waals surface area contributed by atoms with Gasteiger partial charge in [0.1, 0.15) is 5.69 Å². The first-order valence-electron chi connectivity index (χ1n) is 10.3. The Kier molecular flexibility index (Phi) is 4.89. The molecule has 1 amide bonds. The highest BCUT2D eigenvalue weighted by Gasteiger charge is 2.27. The van der Waals surface area contributed by atoms with Crippen molar-refractivity contribution in [1.29, 1.82) is 0 Å². The van der Waals surface area contributed by atoms with Crippen LogP contribution in [-0.4, -0.2) is 52.6 Å². The average Bonchev–Trinajstić information content (AvgIpc) is 3.42. The third-order valence-electron chi connectivity index (χ3n) is 5.91. The van der Waals surface area contributed by atoms with Crippen LogP contribution >= 0.6 is 0 Å². The molecule has 2 aliphatic rings. The Bertz CT molecular complexity index is 1010. The molecule has 1 N–H and O–H groups in total. The SMILES string of the molecule is O=C(NC1CCN(c2nccc(C3CCOCC3)n2)C1)c1ccc2ccccn12. The second-order valence-electron chi connectivity index (χ2n) is 7.79. The van der Waals surface area contributed by atoms with Crippen LogP contribution in [0.2, 0.25) is 0 Å². The number of nitrogens with one attached hydrogen (secondary N) is 1. The largest absolute Gasteiger partial charge is 0.381 e. The van der Waals surface area contributed by atoms with Crippen LogP contribution in [0.1, 0.15) is 41.4 Å². The summed E-state index contributed by atoms with van der Waals surface area (Å²) in [5, 5.41) is 3.18. The molecule has 150 valence electrons. The van der Waals surface area contributed by atoms with Crippen LogP contribution in [0.5, 0.6) is 0 Å². The van der Waals surface area contributed by atoms with Crippen molar-refractivity contribution < 1.29 is 9.53 Å². The number of ether oxygens (including phenoxy) is 1. The smallest absolute Gasteiger partial charge is 0.268 e. The number of carbonyl (C=O) groups excluding carboxylic acids is 1. The van der Waals surface area contributed by atoms with E-state index in [2.05, 4.69) is 15.2 Å². The number of amides is 1. The highest BCUT2D eigenvalue weighted by molar-refractivity contribution is 5.94. The van der Waals surface area contributed by atoms with E-state index in [-0.39, 0.29) is 11.9 Å². The Labute approximate surface area is 169 Å². The Morgan fingerprint density at radius 3 is 2.90 bits per heavy atom. The van der Waals surface area contributed by atoms with Gasteiger partial charge in [-0.25, -0.2) is 9.97 Å². The fourth-order valence-corrected chi connectivity index (χ4v) is 4.30. The van der Waals surface area contributed by atoms with Crippen LogP contribution in [-0.2, 0) is 4.74 Å². The lowest BCUT2D eigenvalue weighted by Crippen LogP contribution is -2.37. The Hall–Kier alpha value is -2.93. The molecule has 2 aliphatic heterocycles. The van der Waals surface area contributed by atoms with Crippen LogP contribution in [0.4, 0.5) is 5.95 Å². The highest BCUT2D eigenvalue weighted by atomic mass is 16.5. The van der Waals surface area contributed by atoms with E-state index in [1.807, 2.05) is 53.2 Å². The minimum absolute atomic E-state index is 0.0417. The van der Waals surface area contributed by atoms with Crippen LogP contribution < -0.4 is 10.2 Å². The molecule has 5 heterocycles. The van der Waals surface area contributed by atoms with Crippen molar-refractivity contribution in [2.75, 3.05) is 31.2 Å². The maximum Gasteiger partial charge on any atom is 0.268 e. The van der Waals surface area contributed by atoms with Gasteiger partial charge < -0.3 is 19.4 Å². The van der Waals surface area contributed by atoms with E-state index in [1.165, 1.54) is 0 Å². The van der Waals surface area contributed by atoms with Gasteiger partial charge in [-0.3, -0.25) is 4.79 Å². The molecule has 0 aromatic carbocycles. The molecule has 7 nitrogen and oxygen atoms in total. The summed E-state index contributed by atoms with van der Waals surface area (Å²) in [4.78, 5) is 24.3. The molecule has 0 bridgehead atoms. The molecule has 0 radical (unpaired) electrons. The first-order valence-corrected chi connectivity index (χ1v) is 10.3. The van der Waals surface area contributed by atoms with Crippen molar-refractivity contribution in [3.8, 4) is 0 Å². The standard InChI is InChI=1S/C22H25N5O2/c28-21(20-5-4-18-3-1-2-11-27(18)20)24-17-7-12-26(15-17)22-23-10-6-19(25-22)16-8-13-29-14-9-16/h1-6,10-11,16-17H,7-9,12-15H2,(H,24,28). The van der Waals surface area contributed by atoms with Crippen molar-refractivity contribution in [2.45, 2.75) is 31.2 Å². The van der Waals surface area contributed by atoms with E-state index in [1.54, 1.807) is 0 Å². The number of hydrogen-bond acceptors (Lipinski definition) is 5. The van der Waals surface area contributed by atoms with Gasteiger partial charge >= 0.3 is 0 Å². The molecule has 7 heteroatoms. The maximum atomic E-state index is 12.8. The summed E-state index contributed by atoms with van der Waals surface area (Å²) in [7, 11) is 0. The summed E-state index contributed by atoms with van der Waals surface area (Å²) < 4.78 is 7.38. The number of pyridine rings is 1. The van der Waals surface area contributed by atoms with E-state index in [0.29, 0.717) is 11.6 Å². The molecular weight excluding hydrogens is 366 g/mol. The minimum Gasteiger partial charge on any atom is -0.381 e. The summed E-state index contributed by atoms with van der Waals surface area (Å²) in [6.07, 6.45) is 6.69.